The van der Waals surface area contributed by atoms with Crippen LogP contribution in [0.5, 0.6) is 0 Å². The summed E-state index contributed by atoms with van der Waals surface area (Å²) >= 11 is 0. The number of rotatable bonds is 6. The number of nitrogens with two attached hydrogens (primary N) is 1. The van der Waals surface area contributed by atoms with Crippen molar-refractivity contribution in [2.45, 2.75) is 32.1 Å². The van der Waals surface area contributed by atoms with E-state index in [2.05, 4.69) is 10.2 Å². The lowest BCUT2D eigenvalue weighted by Gasteiger charge is -2.31. The normalized spacial score (nSPS) is 20.3. The molecule has 1 heterocycles. The topological polar surface area (TPSA) is 92.5 Å². The van der Waals surface area contributed by atoms with Crippen molar-refractivity contribution in [3.05, 3.63) is 34.9 Å². The van der Waals surface area contributed by atoms with Crippen molar-refractivity contribution >= 4 is 17.6 Å². The van der Waals surface area contributed by atoms with E-state index in [1.54, 1.807) is 18.2 Å². The van der Waals surface area contributed by atoms with Crippen LogP contribution in [0, 0.1) is 5.92 Å². The third kappa shape index (κ3) is 4.07. The SMILES string of the molecule is NC(=O)C1CCCN(CCCNC(=O)c2cccc3c2CCC3=O)C1. The third-order valence-corrected chi connectivity index (χ3v) is 5.17. The standard InChI is InChI=1S/C19H25N3O3/c20-18(24)13-4-2-10-22(12-13)11-3-9-21-19(25)16-6-1-5-15-14(16)7-8-17(15)23/h1,5-6,13H,2-4,7-12H2,(H2,20,24)(H,21,25). The average molecular weight is 343 g/mol. The molecule has 0 bridgehead atoms. The van der Waals surface area contributed by atoms with Gasteiger partial charge in [-0.15, -0.1) is 0 Å². The molecule has 0 radical (unpaired) electrons. The van der Waals surface area contributed by atoms with Crippen LogP contribution in [0.2, 0.25) is 0 Å². The van der Waals surface area contributed by atoms with Gasteiger partial charge in [-0.25, -0.2) is 0 Å². The van der Waals surface area contributed by atoms with E-state index in [4.69, 9.17) is 5.73 Å². The lowest BCUT2D eigenvalue weighted by Crippen LogP contribution is -2.42. The summed E-state index contributed by atoms with van der Waals surface area (Å²) in [6.45, 7) is 3.12. The number of likely N-dealkylation sites (tertiary alicyclic amines) is 1. The Kier molecular flexibility index (Phi) is 5.48. The van der Waals surface area contributed by atoms with Gasteiger partial charge in [0, 0.05) is 30.6 Å². The molecule has 1 atom stereocenters. The Balaban J connectivity index is 1.46. The summed E-state index contributed by atoms with van der Waals surface area (Å²) in [5.41, 5.74) is 7.59. The molecule has 1 aromatic rings. The molecule has 1 aliphatic heterocycles. The molecule has 1 unspecified atom stereocenters. The van der Waals surface area contributed by atoms with Crippen molar-refractivity contribution in [3.63, 3.8) is 0 Å². The van der Waals surface area contributed by atoms with Gasteiger partial charge in [-0.05, 0) is 50.4 Å². The van der Waals surface area contributed by atoms with Crippen LogP contribution in [0.1, 0.15) is 52.0 Å². The second kappa shape index (κ2) is 7.78. The van der Waals surface area contributed by atoms with Crippen molar-refractivity contribution in [2.24, 2.45) is 11.7 Å². The van der Waals surface area contributed by atoms with E-state index < -0.39 is 0 Å². The fourth-order valence-corrected chi connectivity index (χ4v) is 3.79. The zero-order valence-electron chi connectivity index (χ0n) is 14.4. The maximum absolute atomic E-state index is 12.4. The molecule has 1 aromatic carbocycles. The minimum absolute atomic E-state index is 0.0483. The summed E-state index contributed by atoms with van der Waals surface area (Å²) in [7, 11) is 0. The molecule has 1 fully saturated rings. The molecule has 3 rings (SSSR count). The molecule has 134 valence electrons. The molecule has 2 amide bonds. The fraction of sp³-hybridized carbons (Fsp3) is 0.526. The molecule has 6 nitrogen and oxygen atoms in total. The van der Waals surface area contributed by atoms with Crippen LogP contribution < -0.4 is 11.1 Å². The van der Waals surface area contributed by atoms with Crippen molar-refractivity contribution in [2.75, 3.05) is 26.2 Å². The summed E-state index contributed by atoms with van der Waals surface area (Å²) in [5.74, 6) is -0.253. The van der Waals surface area contributed by atoms with Gasteiger partial charge in [0.2, 0.25) is 5.91 Å². The predicted molar refractivity (Wildman–Crippen MR) is 94.4 cm³/mol. The van der Waals surface area contributed by atoms with Gasteiger partial charge in [0.25, 0.3) is 5.91 Å². The zero-order chi connectivity index (χ0) is 17.8. The van der Waals surface area contributed by atoms with E-state index in [1.807, 2.05) is 0 Å². The first-order valence-electron chi connectivity index (χ1n) is 9.01. The van der Waals surface area contributed by atoms with Gasteiger partial charge in [-0.3, -0.25) is 14.4 Å². The van der Waals surface area contributed by atoms with Crippen molar-refractivity contribution in [1.82, 2.24) is 10.2 Å². The van der Waals surface area contributed by atoms with E-state index in [9.17, 15) is 14.4 Å². The van der Waals surface area contributed by atoms with Crippen LogP contribution in [0.4, 0.5) is 0 Å². The van der Waals surface area contributed by atoms with Gasteiger partial charge < -0.3 is 16.0 Å². The van der Waals surface area contributed by atoms with Crippen LogP contribution in [-0.2, 0) is 11.2 Å². The number of carbonyl (C=O) groups is 3. The smallest absolute Gasteiger partial charge is 0.251 e. The highest BCUT2D eigenvalue weighted by molar-refractivity contribution is 6.05. The van der Waals surface area contributed by atoms with Gasteiger partial charge >= 0.3 is 0 Å². The number of fused-ring (bicyclic) bond motifs is 1. The van der Waals surface area contributed by atoms with Crippen molar-refractivity contribution < 1.29 is 14.4 Å². The van der Waals surface area contributed by atoms with Crippen molar-refractivity contribution in [3.8, 4) is 0 Å². The van der Waals surface area contributed by atoms with Gasteiger partial charge in [0.1, 0.15) is 0 Å². The third-order valence-electron chi connectivity index (χ3n) is 5.17. The Morgan fingerprint density at radius 1 is 1.28 bits per heavy atom. The number of nitrogens with one attached hydrogen (secondary N) is 1. The maximum Gasteiger partial charge on any atom is 0.251 e. The van der Waals surface area contributed by atoms with E-state index in [0.29, 0.717) is 30.5 Å². The predicted octanol–water partition coefficient (Wildman–Crippen LogP) is 1.13. The number of piperidine rings is 1. The summed E-state index contributed by atoms with van der Waals surface area (Å²) in [6, 6.07) is 5.36. The zero-order valence-corrected chi connectivity index (χ0v) is 14.4. The number of carbonyl (C=O) groups excluding carboxylic acids is 3. The summed E-state index contributed by atoms with van der Waals surface area (Å²) in [5, 5.41) is 2.95. The second-order valence-electron chi connectivity index (χ2n) is 6.91. The monoisotopic (exact) mass is 343 g/mol. The highest BCUT2D eigenvalue weighted by atomic mass is 16.2. The molecule has 0 saturated carbocycles. The summed E-state index contributed by atoms with van der Waals surface area (Å²) in [4.78, 5) is 37.7. The van der Waals surface area contributed by atoms with Crippen LogP contribution >= 0.6 is 0 Å². The summed E-state index contributed by atoms with van der Waals surface area (Å²) in [6.07, 6.45) is 3.84. The highest BCUT2D eigenvalue weighted by Gasteiger charge is 2.25. The quantitative estimate of drug-likeness (QED) is 0.758. The van der Waals surface area contributed by atoms with Crippen LogP contribution in [-0.4, -0.2) is 48.7 Å². The first kappa shape index (κ1) is 17.6. The van der Waals surface area contributed by atoms with Gasteiger partial charge in [0.05, 0.1) is 5.92 Å². The Morgan fingerprint density at radius 2 is 2.12 bits per heavy atom. The van der Waals surface area contributed by atoms with Crippen LogP contribution in [0.25, 0.3) is 0 Å². The number of amides is 2. The molecule has 1 saturated heterocycles. The Bertz CT molecular complexity index is 686. The van der Waals surface area contributed by atoms with Gasteiger partial charge in [-0.1, -0.05) is 12.1 Å². The van der Waals surface area contributed by atoms with Gasteiger partial charge in [0.15, 0.2) is 5.78 Å². The number of hydrogen-bond acceptors (Lipinski definition) is 4. The fourth-order valence-electron chi connectivity index (χ4n) is 3.79. The van der Waals surface area contributed by atoms with E-state index in [0.717, 1.165) is 44.5 Å². The molecule has 6 heteroatoms. The number of primary amides is 1. The number of benzene rings is 1. The van der Waals surface area contributed by atoms with E-state index >= 15 is 0 Å². The largest absolute Gasteiger partial charge is 0.369 e. The molecule has 3 N–H and O–H groups in total. The lowest BCUT2D eigenvalue weighted by molar-refractivity contribution is -0.123. The Labute approximate surface area is 147 Å². The minimum atomic E-state index is -0.217. The highest BCUT2D eigenvalue weighted by Crippen LogP contribution is 2.25. The number of Topliss-reactive ketones (excluding diaryl/α,β-unsaturated/α-hetero) is 1. The summed E-state index contributed by atoms with van der Waals surface area (Å²) < 4.78 is 0. The van der Waals surface area contributed by atoms with Crippen LogP contribution in [0.3, 0.4) is 0 Å². The van der Waals surface area contributed by atoms with Crippen LogP contribution in [0.15, 0.2) is 18.2 Å². The minimum Gasteiger partial charge on any atom is -0.369 e. The average Bonchev–Trinajstić information content (AvgIpc) is 3.00. The number of hydrogen-bond donors (Lipinski definition) is 2. The van der Waals surface area contributed by atoms with Crippen molar-refractivity contribution in [1.29, 1.82) is 0 Å². The molecule has 0 aromatic heterocycles. The lowest BCUT2D eigenvalue weighted by atomic mass is 9.97. The maximum atomic E-state index is 12.4. The second-order valence-corrected chi connectivity index (χ2v) is 6.91. The molecular formula is C19H25N3O3. The molecular weight excluding hydrogens is 318 g/mol. The number of nitrogens with zero attached hydrogens (tertiary/aromatic N) is 1. The molecule has 1 aliphatic carbocycles. The Morgan fingerprint density at radius 3 is 2.92 bits per heavy atom. The molecule has 2 aliphatic rings. The van der Waals surface area contributed by atoms with E-state index in [1.165, 1.54) is 0 Å². The number of ketones is 1. The van der Waals surface area contributed by atoms with Gasteiger partial charge in [-0.2, -0.15) is 0 Å². The van der Waals surface area contributed by atoms with E-state index in [-0.39, 0.29) is 23.5 Å². The Hall–Kier alpha value is -2.21. The molecule has 0 spiro atoms. The molecule has 25 heavy (non-hydrogen) atoms. The first-order chi connectivity index (χ1) is 12.1. The first-order valence-corrected chi connectivity index (χ1v) is 9.01.